The van der Waals surface area contributed by atoms with Gasteiger partial charge in [0.25, 0.3) is 0 Å². The molecule has 0 aliphatic heterocycles. The predicted octanol–water partition coefficient (Wildman–Crippen LogP) is 4.69. The molecule has 5 nitrogen and oxygen atoms in total. The molecule has 0 fully saturated rings. The summed E-state index contributed by atoms with van der Waals surface area (Å²) in [5.41, 5.74) is 0. The van der Waals surface area contributed by atoms with Gasteiger partial charge in [0.2, 0.25) is 0 Å². The van der Waals surface area contributed by atoms with Gasteiger partial charge in [-0.2, -0.15) is 0 Å². The Balaban J connectivity index is 3.69. The highest BCUT2D eigenvalue weighted by Crippen LogP contribution is 2.11. The minimum atomic E-state index is -1.20. The van der Waals surface area contributed by atoms with E-state index in [1.807, 2.05) is 6.92 Å². The van der Waals surface area contributed by atoms with Crippen LogP contribution in [0.1, 0.15) is 110 Å². The third-order valence-corrected chi connectivity index (χ3v) is 6.45. The number of carbonyl (C=O) groups is 3. The number of ketones is 3. The Morgan fingerprint density at radius 1 is 0.724 bits per heavy atom. The van der Waals surface area contributed by atoms with Crippen molar-refractivity contribution in [3.63, 3.8) is 0 Å². The van der Waals surface area contributed by atoms with Gasteiger partial charge in [0.1, 0.15) is 28.9 Å². The van der Waals surface area contributed by atoms with Crippen LogP contribution in [0.3, 0.4) is 0 Å². The Kier molecular flexibility index (Phi) is 18.8. The van der Waals surface area contributed by atoms with Gasteiger partial charge in [-0.1, -0.05) is 70.0 Å². The van der Waals surface area contributed by atoms with Gasteiger partial charge in [-0.3, -0.25) is 14.4 Å². The van der Waals surface area contributed by atoms with Crippen molar-refractivity contribution in [2.24, 2.45) is 0 Å². The highest BCUT2D eigenvalue weighted by Gasteiger charge is 2.16. The fourth-order valence-corrected chi connectivity index (χ4v) is 4.37. The van der Waals surface area contributed by atoms with E-state index >= 15 is 0 Å². The lowest BCUT2D eigenvalue weighted by Gasteiger charge is -2.14. The maximum absolute atomic E-state index is 11.9. The van der Waals surface area contributed by atoms with Crippen molar-refractivity contribution in [2.75, 3.05) is 11.5 Å². The quantitative estimate of drug-likeness (QED) is 0.210. The third kappa shape index (κ3) is 19.0. The normalized spacial score (nSPS) is 13.2. The molecule has 170 valence electrons. The SMILES string of the molecule is CCCCCCCCCC(=O)CCC(=O)CCC(=O)CC[S+]([O-])CC(O)CCC. The zero-order chi connectivity index (χ0) is 21.9. The van der Waals surface area contributed by atoms with E-state index in [0.717, 1.165) is 19.3 Å². The van der Waals surface area contributed by atoms with Crippen molar-refractivity contribution < 1.29 is 24.0 Å². The molecule has 0 aromatic carbocycles. The molecule has 29 heavy (non-hydrogen) atoms. The standard InChI is InChI=1S/C23H42O5S/c1-3-5-6-7-8-9-10-12-20(24)13-14-21(25)15-16-22(26)17-18-29(28)19-23(27)11-4-2/h23,27H,3-19H2,1-2H3. The molecule has 6 heteroatoms. The number of carbonyl (C=O) groups excluding carboxylic acids is 3. The second-order valence-corrected chi connectivity index (χ2v) is 9.61. The van der Waals surface area contributed by atoms with E-state index < -0.39 is 17.3 Å². The number of hydrogen-bond donors (Lipinski definition) is 1. The highest BCUT2D eigenvalue weighted by molar-refractivity contribution is 7.91. The molecule has 0 saturated carbocycles. The number of Topliss-reactive ketones (excluding diaryl/α,β-unsaturated/α-hetero) is 3. The van der Waals surface area contributed by atoms with Crippen LogP contribution >= 0.6 is 0 Å². The zero-order valence-corrected chi connectivity index (χ0v) is 19.4. The third-order valence-electron chi connectivity index (χ3n) is 5.03. The molecule has 0 aromatic heterocycles. The summed E-state index contributed by atoms with van der Waals surface area (Å²) in [6.07, 6.45) is 10.6. The molecular weight excluding hydrogens is 388 g/mol. The van der Waals surface area contributed by atoms with Crippen LogP contribution in [0.5, 0.6) is 0 Å². The predicted molar refractivity (Wildman–Crippen MR) is 120 cm³/mol. The van der Waals surface area contributed by atoms with Crippen LogP contribution < -0.4 is 0 Å². The van der Waals surface area contributed by atoms with E-state index in [0.29, 0.717) is 12.8 Å². The maximum Gasteiger partial charge on any atom is 0.138 e. The molecule has 0 amide bonds. The summed E-state index contributed by atoms with van der Waals surface area (Å²) >= 11 is -1.20. The maximum atomic E-state index is 11.9. The first-order chi connectivity index (χ1) is 13.9. The molecule has 0 spiro atoms. The fraction of sp³-hybridized carbons (Fsp3) is 0.870. The lowest BCUT2D eigenvalue weighted by Crippen LogP contribution is -2.24. The first kappa shape index (κ1) is 28.3. The van der Waals surface area contributed by atoms with Gasteiger partial charge in [-0.15, -0.1) is 0 Å². The minimum Gasteiger partial charge on any atom is -0.616 e. The van der Waals surface area contributed by atoms with E-state index in [2.05, 4.69) is 6.92 Å². The van der Waals surface area contributed by atoms with Crippen LogP contribution in [0, 0.1) is 0 Å². The van der Waals surface area contributed by atoms with E-state index in [4.69, 9.17) is 0 Å². The molecule has 0 bridgehead atoms. The second kappa shape index (κ2) is 19.3. The number of aliphatic hydroxyl groups is 1. The average molecular weight is 431 g/mol. The molecule has 1 N–H and O–H groups in total. The minimum absolute atomic E-state index is 0.0502. The highest BCUT2D eigenvalue weighted by atomic mass is 32.2. The monoisotopic (exact) mass is 430 g/mol. The van der Waals surface area contributed by atoms with Gasteiger partial charge < -0.3 is 9.66 Å². The Morgan fingerprint density at radius 2 is 1.21 bits per heavy atom. The topological polar surface area (TPSA) is 94.5 Å². The summed E-state index contributed by atoms with van der Waals surface area (Å²) in [5.74, 6) is 0.460. The van der Waals surface area contributed by atoms with Crippen molar-refractivity contribution in [1.82, 2.24) is 0 Å². The molecule has 0 heterocycles. The van der Waals surface area contributed by atoms with Crippen LogP contribution in [0.25, 0.3) is 0 Å². The van der Waals surface area contributed by atoms with Crippen LogP contribution in [0.4, 0.5) is 0 Å². The number of rotatable bonds is 21. The molecule has 0 radical (unpaired) electrons. The van der Waals surface area contributed by atoms with Gasteiger partial charge >= 0.3 is 0 Å². The fourth-order valence-electron chi connectivity index (χ4n) is 3.15. The molecule has 2 atom stereocenters. The second-order valence-electron chi connectivity index (χ2n) is 7.99. The molecule has 0 aromatic rings. The van der Waals surface area contributed by atoms with Crippen LogP contribution in [-0.2, 0) is 25.6 Å². The van der Waals surface area contributed by atoms with Gasteiger partial charge in [0.05, 0.1) is 12.5 Å². The number of hydrogen-bond acceptors (Lipinski definition) is 5. The Hall–Kier alpha value is -0.720. The lowest BCUT2D eigenvalue weighted by molar-refractivity contribution is -0.126. The molecule has 0 aliphatic carbocycles. The van der Waals surface area contributed by atoms with Gasteiger partial charge in [-0.05, 0) is 12.8 Å². The van der Waals surface area contributed by atoms with E-state index in [1.54, 1.807) is 0 Å². The van der Waals surface area contributed by atoms with Crippen molar-refractivity contribution >= 4 is 28.5 Å². The summed E-state index contributed by atoms with van der Waals surface area (Å²) in [7, 11) is 0. The van der Waals surface area contributed by atoms with Crippen molar-refractivity contribution in [2.45, 2.75) is 116 Å². The van der Waals surface area contributed by atoms with Crippen molar-refractivity contribution in [1.29, 1.82) is 0 Å². The van der Waals surface area contributed by atoms with Crippen LogP contribution in [-0.4, -0.2) is 44.6 Å². The first-order valence-electron chi connectivity index (χ1n) is 11.5. The van der Waals surface area contributed by atoms with Crippen molar-refractivity contribution in [3.8, 4) is 0 Å². The summed E-state index contributed by atoms with van der Waals surface area (Å²) in [5, 5.41) is 9.63. The molecular formula is C23H42O5S. The summed E-state index contributed by atoms with van der Waals surface area (Å²) in [6, 6.07) is 0. The van der Waals surface area contributed by atoms with Crippen molar-refractivity contribution in [3.05, 3.63) is 0 Å². The first-order valence-corrected chi connectivity index (χ1v) is 13.0. The van der Waals surface area contributed by atoms with Gasteiger partial charge in [0.15, 0.2) is 0 Å². The van der Waals surface area contributed by atoms with E-state index in [9.17, 15) is 24.0 Å². The summed E-state index contributed by atoms with van der Waals surface area (Å²) in [6.45, 7) is 4.15. The van der Waals surface area contributed by atoms with Crippen LogP contribution in [0.2, 0.25) is 0 Å². The Bertz CT molecular complexity index is 453. The lowest BCUT2D eigenvalue weighted by atomic mass is 10.0. The molecule has 0 saturated heterocycles. The summed E-state index contributed by atoms with van der Waals surface area (Å²) < 4.78 is 11.8. The largest absolute Gasteiger partial charge is 0.616 e. The van der Waals surface area contributed by atoms with E-state index in [-0.39, 0.29) is 61.0 Å². The average Bonchev–Trinajstić information content (AvgIpc) is 2.68. The smallest absolute Gasteiger partial charge is 0.138 e. The van der Waals surface area contributed by atoms with Gasteiger partial charge in [-0.25, -0.2) is 0 Å². The molecule has 0 rings (SSSR count). The van der Waals surface area contributed by atoms with E-state index in [1.165, 1.54) is 32.1 Å². The Labute approximate surface area is 180 Å². The summed E-state index contributed by atoms with van der Waals surface area (Å²) in [4.78, 5) is 35.6. The van der Waals surface area contributed by atoms with Crippen LogP contribution in [0.15, 0.2) is 0 Å². The van der Waals surface area contributed by atoms with Gasteiger partial charge in [0, 0.05) is 32.1 Å². The number of unbranched alkanes of at least 4 members (excludes halogenated alkanes) is 6. The Morgan fingerprint density at radius 3 is 1.76 bits per heavy atom. The molecule has 2 unspecified atom stereocenters. The number of aliphatic hydroxyl groups excluding tert-OH is 1. The zero-order valence-electron chi connectivity index (χ0n) is 18.6. The molecule has 0 aliphatic rings.